The molecule has 24 heavy (non-hydrogen) atoms. The van der Waals surface area contributed by atoms with Crippen LogP contribution in [0.3, 0.4) is 0 Å². The molecule has 3 heteroatoms. The number of aromatic hydroxyl groups is 1. The Morgan fingerprint density at radius 1 is 0.667 bits per heavy atom. The van der Waals surface area contributed by atoms with E-state index in [4.69, 9.17) is 0 Å². The zero-order chi connectivity index (χ0) is 16.8. The molecule has 3 aromatic rings. The molecule has 1 aliphatic carbocycles. The van der Waals surface area contributed by atoms with Gasteiger partial charge >= 0.3 is 0 Å². The van der Waals surface area contributed by atoms with E-state index in [0.717, 1.165) is 0 Å². The van der Waals surface area contributed by atoms with Crippen LogP contribution in [0.1, 0.15) is 22.6 Å². The van der Waals surface area contributed by atoms with Gasteiger partial charge < -0.3 is 5.11 Å². The van der Waals surface area contributed by atoms with Crippen molar-refractivity contribution in [2.75, 3.05) is 0 Å². The Hall–Kier alpha value is -1.58. The van der Waals surface area contributed by atoms with Crippen LogP contribution in [-0.4, -0.2) is 8.34 Å². The van der Waals surface area contributed by atoms with Crippen molar-refractivity contribution in [2.24, 2.45) is 0 Å². The van der Waals surface area contributed by atoms with Gasteiger partial charge in [-0.2, -0.15) is 0 Å². The van der Waals surface area contributed by atoms with Crippen molar-refractivity contribution in [3.63, 3.8) is 0 Å². The van der Waals surface area contributed by atoms with E-state index in [-0.39, 0.29) is 20.3 Å². The smallest absolute Gasteiger partial charge is 0.115 e. The van der Waals surface area contributed by atoms with Crippen molar-refractivity contribution in [2.45, 2.75) is 14.6 Å². The lowest BCUT2D eigenvalue weighted by Crippen LogP contribution is -2.16. The second-order valence-electron chi connectivity index (χ2n) is 6.19. The highest BCUT2D eigenvalue weighted by atomic mass is 79.9. The molecular weight excluding hydrogens is 428 g/mol. The minimum absolute atomic E-state index is 0.233. The van der Waals surface area contributed by atoms with Gasteiger partial charge in [-0.15, -0.1) is 0 Å². The van der Waals surface area contributed by atoms with E-state index in [1.807, 2.05) is 24.3 Å². The summed E-state index contributed by atoms with van der Waals surface area (Å²) >= 11 is 7.92. The van der Waals surface area contributed by atoms with Crippen LogP contribution < -0.4 is 0 Å². The highest BCUT2D eigenvalue weighted by Crippen LogP contribution is 2.78. The maximum absolute atomic E-state index is 9.70. The maximum Gasteiger partial charge on any atom is 0.115 e. The summed E-state index contributed by atoms with van der Waals surface area (Å²) in [6, 6.07) is 28.6. The predicted molar refractivity (Wildman–Crippen MR) is 105 cm³/mol. The quantitative estimate of drug-likeness (QED) is 0.495. The van der Waals surface area contributed by atoms with Crippen molar-refractivity contribution in [3.8, 4) is 5.75 Å². The van der Waals surface area contributed by atoms with Gasteiger partial charge in [0.2, 0.25) is 0 Å². The van der Waals surface area contributed by atoms with Gasteiger partial charge in [-0.25, -0.2) is 0 Å². The summed E-state index contributed by atoms with van der Waals surface area (Å²) in [7, 11) is 0. The van der Waals surface area contributed by atoms with E-state index in [1.54, 1.807) is 12.1 Å². The summed E-state index contributed by atoms with van der Waals surface area (Å²) in [5.41, 5.74) is 3.47. The van der Waals surface area contributed by atoms with E-state index in [1.165, 1.54) is 16.7 Å². The molecule has 0 radical (unpaired) electrons. The van der Waals surface area contributed by atoms with Crippen LogP contribution in [0.4, 0.5) is 0 Å². The molecule has 2 unspecified atom stereocenters. The average molecular weight is 444 g/mol. The number of halogens is 2. The Morgan fingerprint density at radius 2 is 1.17 bits per heavy atom. The van der Waals surface area contributed by atoms with Gasteiger partial charge in [0.1, 0.15) is 8.98 Å². The molecule has 1 N–H and O–H groups in total. The van der Waals surface area contributed by atoms with Crippen LogP contribution in [0.2, 0.25) is 0 Å². The zero-order valence-electron chi connectivity index (χ0n) is 12.9. The third-order valence-electron chi connectivity index (χ3n) is 4.92. The molecule has 1 saturated carbocycles. The predicted octanol–water partition coefficient (Wildman–Crippen LogP) is 5.96. The summed E-state index contributed by atoms with van der Waals surface area (Å²) < 4.78 is -0.271. The first-order chi connectivity index (χ1) is 11.6. The fourth-order valence-corrected chi connectivity index (χ4v) is 6.18. The number of hydrogen-bond acceptors (Lipinski definition) is 1. The Balaban J connectivity index is 1.95. The van der Waals surface area contributed by atoms with Gasteiger partial charge in [0.25, 0.3) is 0 Å². The summed E-state index contributed by atoms with van der Waals surface area (Å²) in [6.45, 7) is 0. The lowest BCUT2D eigenvalue weighted by molar-refractivity contribution is 0.475. The molecule has 4 rings (SSSR count). The molecular formula is C21H16Br2O. The number of hydrogen-bond donors (Lipinski definition) is 1. The van der Waals surface area contributed by atoms with Gasteiger partial charge in [0.15, 0.2) is 0 Å². The molecule has 0 saturated heterocycles. The molecule has 3 aromatic carbocycles. The summed E-state index contributed by atoms with van der Waals surface area (Å²) in [4.78, 5) is 0. The third kappa shape index (κ3) is 2.18. The second-order valence-corrected chi connectivity index (χ2v) is 9.75. The van der Waals surface area contributed by atoms with E-state index in [9.17, 15) is 5.11 Å². The highest BCUT2D eigenvalue weighted by molar-refractivity contribution is 9.25. The second kappa shape index (κ2) is 5.75. The number of rotatable bonds is 3. The molecule has 0 spiro atoms. The van der Waals surface area contributed by atoms with Gasteiger partial charge in [-0.3, -0.25) is 0 Å². The molecule has 0 heterocycles. The summed E-state index contributed by atoms with van der Waals surface area (Å²) in [5, 5.41) is 9.70. The van der Waals surface area contributed by atoms with E-state index in [0.29, 0.717) is 0 Å². The van der Waals surface area contributed by atoms with Gasteiger partial charge in [-0.05, 0) is 28.8 Å². The Labute approximate surface area is 158 Å². The Morgan fingerprint density at radius 3 is 1.75 bits per heavy atom. The van der Waals surface area contributed by atoms with Crippen molar-refractivity contribution < 1.29 is 5.11 Å². The van der Waals surface area contributed by atoms with Crippen molar-refractivity contribution in [1.82, 2.24) is 0 Å². The maximum atomic E-state index is 9.70. The molecule has 0 aromatic heterocycles. The van der Waals surface area contributed by atoms with Crippen LogP contribution in [0.25, 0.3) is 0 Å². The first-order valence-electron chi connectivity index (χ1n) is 7.86. The molecule has 0 aliphatic heterocycles. The van der Waals surface area contributed by atoms with E-state index >= 15 is 0 Å². The molecule has 1 fully saturated rings. The Bertz CT molecular complexity index is 844. The van der Waals surface area contributed by atoms with Crippen molar-refractivity contribution >= 4 is 31.9 Å². The fraction of sp³-hybridized carbons (Fsp3) is 0.143. The van der Waals surface area contributed by atoms with E-state index in [2.05, 4.69) is 80.4 Å². The minimum Gasteiger partial charge on any atom is -0.508 e. The molecule has 2 atom stereocenters. The number of benzene rings is 3. The van der Waals surface area contributed by atoms with Gasteiger partial charge in [0.05, 0.1) is 5.41 Å². The normalized spacial score (nSPS) is 24.5. The summed E-state index contributed by atoms with van der Waals surface area (Å²) in [5.74, 6) is 0.534. The van der Waals surface area contributed by atoms with Crippen LogP contribution in [0.15, 0.2) is 84.9 Å². The molecule has 120 valence electrons. The molecule has 1 aliphatic rings. The topological polar surface area (TPSA) is 20.2 Å². The minimum atomic E-state index is -0.271. The lowest BCUT2D eigenvalue weighted by Gasteiger charge is -2.21. The molecule has 1 nitrogen and oxygen atoms in total. The largest absolute Gasteiger partial charge is 0.508 e. The molecule has 0 amide bonds. The van der Waals surface area contributed by atoms with Crippen LogP contribution in [-0.2, 0) is 5.41 Å². The van der Waals surface area contributed by atoms with Gasteiger partial charge in [-0.1, -0.05) is 105 Å². The van der Waals surface area contributed by atoms with Crippen LogP contribution in [0.5, 0.6) is 5.75 Å². The Kier molecular flexibility index (Phi) is 3.81. The molecule has 0 bridgehead atoms. The fourth-order valence-electron chi connectivity index (χ4n) is 3.82. The standard InChI is InChI=1S/C21H16Br2O/c22-21(23)19(15-7-3-1-4-8-15)20(21,16-9-5-2-6-10-16)17-11-13-18(24)14-12-17/h1-14,19,24H. The number of phenols is 1. The number of alkyl halides is 2. The van der Waals surface area contributed by atoms with Crippen molar-refractivity contribution in [1.29, 1.82) is 0 Å². The van der Waals surface area contributed by atoms with Crippen LogP contribution in [0, 0.1) is 0 Å². The third-order valence-corrected chi connectivity index (χ3v) is 7.09. The monoisotopic (exact) mass is 442 g/mol. The van der Waals surface area contributed by atoms with Crippen LogP contribution >= 0.6 is 31.9 Å². The summed E-state index contributed by atoms with van der Waals surface area (Å²) in [6.07, 6.45) is 0. The van der Waals surface area contributed by atoms with E-state index < -0.39 is 0 Å². The lowest BCUT2D eigenvalue weighted by atomic mass is 9.84. The highest BCUT2D eigenvalue weighted by Gasteiger charge is 2.76. The zero-order valence-corrected chi connectivity index (χ0v) is 16.0. The first-order valence-corrected chi connectivity index (χ1v) is 9.45. The average Bonchev–Trinajstić information content (AvgIpc) is 3.14. The first kappa shape index (κ1) is 15.9. The SMILES string of the molecule is Oc1ccc(C2(c3ccccc3)C(c3ccccc3)C2(Br)Br)cc1. The van der Waals surface area contributed by atoms with Crippen molar-refractivity contribution in [3.05, 3.63) is 102 Å². The van der Waals surface area contributed by atoms with Gasteiger partial charge in [0, 0.05) is 5.92 Å². The number of phenolic OH excluding ortho intramolecular Hbond substituents is 1.